The van der Waals surface area contributed by atoms with Crippen LogP contribution in [0.5, 0.6) is 0 Å². The summed E-state index contributed by atoms with van der Waals surface area (Å²) in [6.45, 7) is 8.39. The number of aryl methyl sites for hydroxylation is 2. The molecule has 6 nitrogen and oxygen atoms in total. The lowest BCUT2D eigenvalue weighted by Gasteiger charge is -2.30. The fraction of sp³-hybridized carbons (Fsp3) is 0.765. The normalized spacial score (nSPS) is 23.0. The Morgan fingerprint density at radius 3 is 2.65 bits per heavy atom. The molecule has 2 fully saturated rings. The van der Waals surface area contributed by atoms with Gasteiger partial charge in [-0.25, -0.2) is 4.79 Å². The molecular weight excluding hydrogens is 292 g/mol. The summed E-state index contributed by atoms with van der Waals surface area (Å²) in [6.07, 6.45) is 6.13. The first-order chi connectivity index (χ1) is 11.1. The molecule has 2 aliphatic rings. The van der Waals surface area contributed by atoms with Crippen LogP contribution in [-0.2, 0) is 6.54 Å². The number of amides is 2. The summed E-state index contributed by atoms with van der Waals surface area (Å²) in [6, 6.07) is 0.570. The number of hydrogen-bond donors (Lipinski definition) is 1. The maximum Gasteiger partial charge on any atom is 0.317 e. The molecule has 128 valence electrons. The number of nitrogens with one attached hydrogen (secondary N) is 1. The van der Waals surface area contributed by atoms with Crippen molar-refractivity contribution in [1.29, 1.82) is 0 Å². The minimum Gasteiger partial charge on any atom is -0.361 e. The van der Waals surface area contributed by atoms with Crippen molar-refractivity contribution >= 4 is 6.03 Å². The van der Waals surface area contributed by atoms with E-state index in [2.05, 4.69) is 15.4 Å². The highest BCUT2D eigenvalue weighted by Gasteiger charge is 2.28. The van der Waals surface area contributed by atoms with Crippen LogP contribution in [-0.4, -0.2) is 53.2 Å². The van der Waals surface area contributed by atoms with Crippen LogP contribution in [0, 0.1) is 13.8 Å². The predicted molar refractivity (Wildman–Crippen MR) is 88.2 cm³/mol. The van der Waals surface area contributed by atoms with Crippen molar-refractivity contribution < 1.29 is 9.32 Å². The van der Waals surface area contributed by atoms with Gasteiger partial charge in [-0.2, -0.15) is 0 Å². The Labute approximate surface area is 138 Å². The average molecular weight is 320 g/mol. The van der Waals surface area contributed by atoms with Crippen molar-refractivity contribution in [2.75, 3.05) is 26.2 Å². The first kappa shape index (κ1) is 16.3. The zero-order valence-corrected chi connectivity index (χ0v) is 14.3. The highest BCUT2D eigenvalue weighted by molar-refractivity contribution is 5.74. The summed E-state index contributed by atoms with van der Waals surface area (Å²) >= 11 is 0. The number of carbonyl (C=O) groups excluding carboxylic acids is 1. The van der Waals surface area contributed by atoms with Crippen molar-refractivity contribution in [1.82, 2.24) is 20.3 Å². The van der Waals surface area contributed by atoms with Crippen molar-refractivity contribution in [2.24, 2.45) is 0 Å². The lowest BCUT2D eigenvalue weighted by atomic mass is 10.1. The molecule has 0 saturated carbocycles. The summed E-state index contributed by atoms with van der Waals surface area (Å²) in [7, 11) is 0. The van der Waals surface area contributed by atoms with Crippen LogP contribution in [0.4, 0.5) is 4.79 Å². The molecule has 1 aromatic rings. The maximum absolute atomic E-state index is 12.6. The number of nitrogens with zero attached hydrogens (tertiary/aromatic N) is 3. The molecule has 0 radical (unpaired) electrons. The Kier molecular flexibility index (Phi) is 5.20. The van der Waals surface area contributed by atoms with E-state index >= 15 is 0 Å². The molecule has 6 heteroatoms. The molecule has 0 bridgehead atoms. The lowest BCUT2D eigenvalue weighted by Crippen LogP contribution is -2.47. The Morgan fingerprint density at radius 1 is 1.22 bits per heavy atom. The molecule has 1 unspecified atom stereocenters. The van der Waals surface area contributed by atoms with E-state index in [1.165, 1.54) is 38.8 Å². The van der Waals surface area contributed by atoms with E-state index in [1.807, 2.05) is 18.7 Å². The van der Waals surface area contributed by atoms with Crippen molar-refractivity contribution in [2.45, 2.75) is 58.5 Å². The van der Waals surface area contributed by atoms with Crippen molar-refractivity contribution in [3.8, 4) is 0 Å². The van der Waals surface area contributed by atoms with E-state index in [4.69, 9.17) is 4.52 Å². The molecule has 2 amide bonds. The number of carbonyl (C=O) groups is 1. The molecule has 2 saturated heterocycles. The topological polar surface area (TPSA) is 61.6 Å². The lowest BCUT2D eigenvalue weighted by molar-refractivity contribution is 0.165. The minimum atomic E-state index is 0.0381. The van der Waals surface area contributed by atoms with Crippen LogP contribution < -0.4 is 5.32 Å². The zero-order chi connectivity index (χ0) is 16.2. The van der Waals surface area contributed by atoms with Gasteiger partial charge in [-0.1, -0.05) is 11.6 Å². The van der Waals surface area contributed by atoms with Gasteiger partial charge >= 0.3 is 6.03 Å². The Hall–Kier alpha value is -1.56. The van der Waals surface area contributed by atoms with E-state index in [9.17, 15) is 4.79 Å². The number of likely N-dealkylation sites (tertiary alicyclic amines) is 2. The van der Waals surface area contributed by atoms with E-state index in [0.29, 0.717) is 12.6 Å². The van der Waals surface area contributed by atoms with Gasteiger partial charge in [-0.05, 0) is 52.6 Å². The van der Waals surface area contributed by atoms with Gasteiger partial charge in [0.05, 0.1) is 5.69 Å². The average Bonchev–Trinajstić information content (AvgIpc) is 3.10. The quantitative estimate of drug-likeness (QED) is 0.929. The van der Waals surface area contributed by atoms with Crippen LogP contribution in [0.2, 0.25) is 0 Å². The van der Waals surface area contributed by atoms with E-state index in [1.54, 1.807) is 0 Å². The second kappa shape index (κ2) is 7.34. The fourth-order valence-electron chi connectivity index (χ4n) is 3.74. The van der Waals surface area contributed by atoms with Gasteiger partial charge in [0.1, 0.15) is 5.76 Å². The van der Waals surface area contributed by atoms with Crippen molar-refractivity contribution in [3.05, 3.63) is 17.0 Å². The highest BCUT2D eigenvalue weighted by atomic mass is 16.5. The maximum atomic E-state index is 12.6. The summed E-state index contributed by atoms with van der Waals surface area (Å²) in [4.78, 5) is 17.1. The summed E-state index contributed by atoms with van der Waals surface area (Å²) in [5.41, 5.74) is 1.85. The molecule has 0 aromatic carbocycles. The number of aromatic nitrogens is 1. The molecule has 3 rings (SSSR count). The molecule has 1 atom stereocenters. The fourth-order valence-corrected chi connectivity index (χ4v) is 3.74. The molecule has 2 aliphatic heterocycles. The molecule has 1 aromatic heterocycles. The summed E-state index contributed by atoms with van der Waals surface area (Å²) in [5.74, 6) is 0.786. The third kappa shape index (κ3) is 3.86. The summed E-state index contributed by atoms with van der Waals surface area (Å²) < 4.78 is 5.16. The van der Waals surface area contributed by atoms with Crippen LogP contribution in [0.25, 0.3) is 0 Å². The Balaban J connectivity index is 1.57. The van der Waals surface area contributed by atoms with Gasteiger partial charge in [0.25, 0.3) is 0 Å². The van der Waals surface area contributed by atoms with E-state index in [-0.39, 0.29) is 6.03 Å². The Bertz CT molecular complexity index is 517. The van der Waals surface area contributed by atoms with Gasteiger partial charge in [-0.3, -0.25) is 4.90 Å². The second-order valence-corrected chi connectivity index (χ2v) is 6.80. The summed E-state index contributed by atoms with van der Waals surface area (Å²) in [5, 5.41) is 6.98. The molecule has 23 heavy (non-hydrogen) atoms. The van der Waals surface area contributed by atoms with E-state index in [0.717, 1.165) is 36.5 Å². The molecule has 3 heterocycles. The molecule has 0 spiro atoms. The van der Waals surface area contributed by atoms with Crippen LogP contribution in [0.15, 0.2) is 4.52 Å². The third-order valence-electron chi connectivity index (χ3n) is 5.19. The number of hydrogen-bond acceptors (Lipinski definition) is 4. The molecule has 0 aliphatic carbocycles. The van der Waals surface area contributed by atoms with Crippen molar-refractivity contribution in [3.63, 3.8) is 0 Å². The van der Waals surface area contributed by atoms with Crippen LogP contribution in [0.3, 0.4) is 0 Å². The van der Waals surface area contributed by atoms with Gasteiger partial charge < -0.3 is 14.7 Å². The first-order valence-corrected chi connectivity index (χ1v) is 8.83. The van der Waals surface area contributed by atoms with Crippen LogP contribution >= 0.6 is 0 Å². The first-order valence-electron chi connectivity index (χ1n) is 8.83. The van der Waals surface area contributed by atoms with Gasteiger partial charge in [0, 0.05) is 31.2 Å². The minimum absolute atomic E-state index is 0.0381. The third-order valence-corrected chi connectivity index (χ3v) is 5.19. The molecule has 1 N–H and O–H groups in total. The second-order valence-electron chi connectivity index (χ2n) is 6.80. The Morgan fingerprint density at radius 2 is 1.96 bits per heavy atom. The van der Waals surface area contributed by atoms with Gasteiger partial charge in [0.2, 0.25) is 0 Å². The smallest absolute Gasteiger partial charge is 0.317 e. The largest absolute Gasteiger partial charge is 0.361 e. The predicted octanol–water partition coefficient (Wildman–Crippen LogP) is 2.45. The standard InChI is InChI=1S/C17H28N4O2/c1-13-16(14(2)23-19-13)11-18-17(22)21-10-4-3-7-15(12-21)20-8-5-6-9-20/h15H,3-12H2,1-2H3,(H,18,22). The zero-order valence-electron chi connectivity index (χ0n) is 14.3. The molecular formula is C17H28N4O2. The SMILES string of the molecule is Cc1noc(C)c1CNC(=O)N1CCCCC(N2CCCC2)C1. The van der Waals surface area contributed by atoms with E-state index < -0.39 is 0 Å². The van der Waals surface area contributed by atoms with Gasteiger partial charge in [0.15, 0.2) is 0 Å². The monoisotopic (exact) mass is 320 g/mol. The van der Waals surface area contributed by atoms with Crippen LogP contribution in [0.1, 0.15) is 49.1 Å². The highest BCUT2D eigenvalue weighted by Crippen LogP contribution is 2.20. The van der Waals surface area contributed by atoms with Gasteiger partial charge in [-0.15, -0.1) is 0 Å². The number of rotatable bonds is 3. The number of urea groups is 1.